The lowest BCUT2D eigenvalue weighted by atomic mass is 10.2. The summed E-state index contributed by atoms with van der Waals surface area (Å²) in [6.07, 6.45) is 12.9. The highest BCUT2D eigenvalue weighted by Gasteiger charge is 2.30. The van der Waals surface area contributed by atoms with Gasteiger partial charge in [-0.15, -0.1) is 12.4 Å². The Morgan fingerprint density at radius 1 is 0.938 bits per heavy atom. The van der Waals surface area contributed by atoms with E-state index in [9.17, 15) is 4.79 Å². The van der Waals surface area contributed by atoms with Crippen molar-refractivity contribution in [3.63, 3.8) is 0 Å². The van der Waals surface area contributed by atoms with E-state index in [1.807, 2.05) is 45.0 Å². The molecule has 1 unspecified atom stereocenters. The number of hydrogen-bond donors (Lipinski definition) is 0. The van der Waals surface area contributed by atoms with Crippen LogP contribution in [0.3, 0.4) is 0 Å². The van der Waals surface area contributed by atoms with Gasteiger partial charge in [-0.1, -0.05) is 0 Å². The standard InChI is InChI=1S/C14H20N2O3.C10H13NO.ClH/c1-14(2,3)19-13(17)16-8-6-12(10-16)18-11-5-4-7-15-9-11;1-2-5-9(4-1)12-10-6-3-7-11-8-10;/h4-5,7,9,12H,6,8,10H2,1-3H3;3,6-9H,1-2,4-5H2;1H. The van der Waals surface area contributed by atoms with Crippen molar-refractivity contribution in [2.75, 3.05) is 13.1 Å². The molecule has 0 bridgehead atoms. The van der Waals surface area contributed by atoms with Crippen molar-refractivity contribution >= 4 is 18.5 Å². The van der Waals surface area contributed by atoms with Gasteiger partial charge in [0.1, 0.15) is 23.2 Å². The van der Waals surface area contributed by atoms with Crippen molar-refractivity contribution in [3.05, 3.63) is 49.1 Å². The Balaban J connectivity index is 0.000000241. The molecule has 3 heterocycles. The van der Waals surface area contributed by atoms with E-state index in [1.165, 1.54) is 25.7 Å². The Bertz CT molecular complexity index is 796. The lowest BCUT2D eigenvalue weighted by molar-refractivity contribution is 0.0275. The summed E-state index contributed by atoms with van der Waals surface area (Å²) in [4.78, 5) is 21.6. The van der Waals surface area contributed by atoms with Gasteiger partial charge in [0, 0.05) is 25.4 Å². The predicted molar refractivity (Wildman–Crippen MR) is 125 cm³/mol. The van der Waals surface area contributed by atoms with Crippen LogP contribution in [-0.4, -0.2) is 51.9 Å². The van der Waals surface area contributed by atoms with Crippen LogP contribution in [0.4, 0.5) is 4.79 Å². The van der Waals surface area contributed by atoms with Crippen LogP contribution in [0.25, 0.3) is 0 Å². The van der Waals surface area contributed by atoms with Crippen molar-refractivity contribution < 1.29 is 19.0 Å². The number of amides is 1. The summed E-state index contributed by atoms with van der Waals surface area (Å²) in [5, 5.41) is 0. The van der Waals surface area contributed by atoms with Crippen LogP contribution >= 0.6 is 12.4 Å². The lowest BCUT2D eigenvalue weighted by Gasteiger charge is -2.24. The third kappa shape index (κ3) is 8.91. The third-order valence-corrected chi connectivity index (χ3v) is 4.97. The van der Waals surface area contributed by atoms with Gasteiger partial charge in [0.15, 0.2) is 0 Å². The Morgan fingerprint density at radius 2 is 1.50 bits per heavy atom. The first kappa shape index (κ1) is 25.7. The summed E-state index contributed by atoms with van der Waals surface area (Å²) in [5.74, 6) is 1.64. The number of carbonyl (C=O) groups is 1. The molecule has 2 aromatic heterocycles. The average molecular weight is 464 g/mol. The Morgan fingerprint density at radius 3 is 2.00 bits per heavy atom. The second kappa shape index (κ2) is 12.5. The van der Waals surface area contributed by atoms with Crippen molar-refractivity contribution in [2.45, 2.75) is 70.7 Å². The van der Waals surface area contributed by atoms with Crippen LogP contribution in [0.5, 0.6) is 11.5 Å². The zero-order chi connectivity index (χ0) is 22.1. The summed E-state index contributed by atoms with van der Waals surface area (Å²) in [5.41, 5.74) is -0.459. The normalized spacial score (nSPS) is 18.2. The smallest absolute Gasteiger partial charge is 0.410 e. The maximum absolute atomic E-state index is 11.9. The zero-order valence-corrected chi connectivity index (χ0v) is 19.9. The Kier molecular flexibility index (Phi) is 10.0. The molecule has 32 heavy (non-hydrogen) atoms. The minimum absolute atomic E-state index is 0. The summed E-state index contributed by atoms with van der Waals surface area (Å²) >= 11 is 0. The Hall–Kier alpha value is -2.54. The third-order valence-electron chi connectivity index (χ3n) is 4.97. The first-order chi connectivity index (χ1) is 14.9. The van der Waals surface area contributed by atoms with Gasteiger partial charge in [-0.25, -0.2) is 4.79 Å². The maximum atomic E-state index is 11.9. The molecular weight excluding hydrogens is 430 g/mol. The van der Waals surface area contributed by atoms with Gasteiger partial charge in [-0.05, 0) is 70.7 Å². The van der Waals surface area contributed by atoms with Crippen LogP contribution in [0.15, 0.2) is 49.1 Å². The largest absolute Gasteiger partial charge is 0.489 e. The number of pyridine rings is 2. The van der Waals surface area contributed by atoms with Gasteiger partial charge >= 0.3 is 6.09 Å². The fourth-order valence-electron chi connectivity index (χ4n) is 3.54. The van der Waals surface area contributed by atoms with E-state index in [4.69, 9.17) is 14.2 Å². The maximum Gasteiger partial charge on any atom is 0.410 e. The highest BCUT2D eigenvalue weighted by Crippen LogP contribution is 2.23. The number of likely N-dealkylation sites (tertiary alicyclic amines) is 1. The molecule has 4 rings (SSSR count). The number of aromatic nitrogens is 2. The molecule has 0 N–H and O–H groups in total. The number of hydrogen-bond acceptors (Lipinski definition) is 6. The van der Waals surface area contributed by atoms with Crippen LogP contribution in [-0.2, 0) is 4.74 Å². The minimum Gasteiger partial charge on any atom is -0.489 e. The van der Waals surface area contributed by atoms with E-state index < -0.39 is 5.60 Å². The summed E-state index contributed by atoms with van der Waals surface area (Å²) in [7, 11) is 0. The van der Waals surface area contributed by atoms with Crippen molar-refractivity contribution in [2.24, 2.45) is 0 Å². The van der Waals surface area contributed by atoms with E-state index in [0.717, 1.165) is 17.9 Å². The molecule has 1 saturated carbocycles. The van der Waals surface area contributed by atoms with Gasteiger partial charge in [0.25, 0.3) is 0 Å². The molecule has 1 aliphatic carbocycles. The fourth-order valence-corrected chi connectivity index (χ4v) is 3.54. The van der Waals surface area contributed by atoms with E-state index in [0.29, 0.717) is 19.2 Å². The first-order valence-electron chi connectivity index (χ1n) is 11.0. The topological polar surface area (TPSA) is 73.8 Å². The van der Waals surface area contributed by atoms with Gasteiger partial charge in [-0.2, -0.15) is 0 Å². The molecule has 0 aromatic carbocycles. The highest BCUT2D eigenvalue weighted by atomic mass is 35.5. The van der Waals surface area contributed by atoms with Gasteiger partial charge < -0.3 is 19.1 Å². The second-order valence-corrected chi connectivity index (χ2v) is 8.86. The second-order valence-electron chi connectivity index (χ2n) is 8.86. The number of ether oxygens (including phenoxy) is 3. The molecule has 1 aliphatic heterocycles. The quantitative estimate of drug-likeness (QED) is 0.612. The van der Waals surface area contributed by atoms with Crippen molar-refractivity contribution in [1.82, 2.24) is 14.9 Å². The first-order valence-corrected chi connectivity index (χ1v) is 11.0. The molecule has 1 atom stereocenters. The summed E-state index contributed by atoms with van der Waals surface area (Å²) < 4.78 is 16.8. The highest BCUT2D eigenvalue weighted by molar-refractivity contribution is 5.85. The number of carbonyl (C=O) groups excluding carboxylic acids is 1. The summed E-state index contributed by atoms with van der Waals surface area (Å²) in [6, 6.07) is 7.56. The van der Waals surface area contributed by atoms with E-state index in [-0.39, 0.29) is 24.6 Å². The number of rotatable bonds is 4. The van der Waals surface area contributed by atoms with Crippen molar-refractivity contribution in [3.8, 4) is 11.5 Å². The molecule has 2 aliphatic rings. The van der Waals surface area contributed by atoms with E-state index >= 15 is 0 Å². The predicted octanol–water partition coefficient (Wildman–Crippen LogP) is 5.29. The average Bonchev–Trinajstić information content (AvgIpc) is 3.41. The van der Waals surface area contributed by atoms with Gasteiger partial charge in [-0.3, -0.25) is 9.97 Å². The molecule has 0 radical (unpaired) electrons. The Labute approximate surface area is 196 Å². The molecule has 8 heteroatoms. The molecular formula is C24H34ClN3O4. The fraction of sp³-hybridized carbons (Fsp3) is 0.542. The lowest BCUT2D eigenvalue weighted by Crippen LogP contribution is -2.36. The molecule has 2 aromatic rings. The number of halogens is 1. The minimum atomic E-state index is -0.459. The SMILES string of the molecule is CC(C)(C)OC(=O)N1CCC(Oc2cccnc2)C1.Cl.c1cncc(OC2CCCC2)c1. The van der Waals surface area contributed by atoms with Crippen LogP contribution in [0, 0.1) is 0 Å². The van der Waals surface area contributed by atoms with Crippen LogP contribution < -0.4 is 9.47 Å². The molecule has 0 spiro atoms. The molecule has 176 valence electrons. The molecule has 1 amide bonds. The number of nitrogens with zero attached hydrogens (tertiary/aromatic N) is 3. The molecule has 7 nitrogen and oxygen atoms in total. The van der Waals surface area contributed by atoms with Crippen LogP contribution in [0.2, 0.25) is 0 Å². The molecule has 2 fully saturated rings. The van der Waals surface area contributed by atoms with Crippen molar-refractivity contribution in [1.29, 1.82) is 0 Å². The van der Waals surface area contributed by atoms with Crippen LogP contribution in [0.1, 0.15) is 52.9 Å². The van der Waals surface area contributed by atoms with E-state index in [1.54, 1.807) is 29.7 Å². The molecule has 1 saturated heterocycles. The monoisotopic (exact) mass is 463 g/mol. The zero-order valence-electron chi connectivity index (χ0n) is 19.1. The van der Waals surface area contributed by atoms with E-state index in [2.05, 4.69) is 9.97 Å². The van der Waals surface area contributed by atoms with Gasteiger partial charge in [0.05, 0.1) is 25.0 Å². The van der Waals surface area contributed by atoms with Gasteiger partial charge in [0.2, 0.25) is 0 Å². The summed E-state index contributed by atoms with van der Waals surface area (Å²) in [6.45, 7) is 6.82.